The molecule has 116 valence electrons. The normalized spacial score (nSPS) is 10.3. The highest BCUT2D eigenvalue weighted by Crippen LogP contribution is 2.38. The van der Waals surface area contributed by atoms with Crippen molar-refractivity contribution in [3.05, 3.63) is 77.9 Å². The molecule has 0 bridgehead atoms. The van der Waals surface area contributed by atoms with E-state index in [1.165, 1.54) is 0 Å². The second kappa shape index (κ2) is 5.92. The number of rotatable bonds is 2. The molecule has 5 nitrogen and oxygen atoms in total. The van der Waals surface area contributed by atoms with Gasteiger partial charge in [0.2, 0.25) is 0 Å². The van der Waals surface area contributed by atoms with E-state index in [-0.39, 0.29) is 0 Å². The minimum Gasteiger partial charge on any atom is -0.361 e. The SMILES string of the molecule is [C-]#[N+]c1ccc2[nH]c(-c3ccncc3)c(-c3ccc(C#N)cc3)c2n1. The van der Waals surface area contributed by atoms with Crippen LogP contribution < -0.4 is 0 Å². The lowest BCUT2D eigenvalue weighted by molar-refractivity contribution is 1.32. The van der Waals surface area contributed by atoms with Crippen LogP contribution in [-0.2, 0) is 0 Å². The zero-order chi connectivity index (χ0) is 17.2. The number of aromatic amines is 1. The van der Waals surface area contributed by atoms with Gasteiger partial charge >= 0.3 is 0 Å². The third kappa shape index (κ3) is 2.50. The Morgan fingerprint density at radius 3 is 2.40 bits per heavy atom. The van der Waals surface area contributed by atoms with E-state index in [0.29, 0.717) is 11.4 Å². The zero-order valence-corrected chi connectivity index (χ0v) is 13.1. The lowest BCUT2D eigenvalue weighted by Crippen LogP contribution is -1.85. The number of fused-ring (bicyclic) bond motifs is 1. The van der Waals surface area contributed by atoms with Gasteiger partial charge in [-0.05, 0) is 42.0 Å². The minimum absolute atomic E-state index is 0.350. The van der Waals surface area contributed by atoms with Crippen LogP contribution in [0.1, 0.15) is 5.56 Å². The Hall–Kier alpha value is -3.96. The summed E-state index contributed by atoms with van der Waals surface area (Å²) in [6.07, 6.45) is 3.47. The molecule has 4 aromatic rings. The van der Waals surface area contributed by atoms with Crippen molar-refractivity contribution in [2.75, 3.05) is 0 Å². The predicted octanol–water partition coefficient (Wildman–Crippen LogP) is 4.71. The molecule has 0 spiro atoms. The van der Waals surface area contributed by atoms with Crippen LogP contribution >= 0.6 is 0 Å². The Morgan fingerprint density at radius 1 is 0.960 bits per heavy atom. The van der Waals surface area contributed by atoms with Crippen LogP contribution in [0.3, 0.4) is 0 Å². The molecule has 0 aliphatic rings. The zero-order valence-electron chi connectivity index (χ0n) is 13.1. The summed E-state index contributed by atoms with van der Waals surface area (Å²) in [6.45, 7) is 7.23. The Labute approximate surface area is 144 Å². The van der Waals surface area contributed by atoms with E-state index >= 15 is 0 Å². The monoisotopic (exact) mass is 321 g/mol. The van der Waals surface area contributed by atoms with Crippen molar-refractivity contribution in [1.29, 1.82) is 5.26 Å². The van der Waals surface area contributed by atoms with Crippen LogP contribution in [0.4, 0.5) is 5.82 Å². The Kier molecular flexibility index (Phi) is 3.46. The molecule has 5 heteroatoms. The summed E-state index contributed by atoms with van der Waals surface area (Å²) < 4.78 is 0. The van der Waals surface area contributed by atoms with E-state index in [2.05, 4.69) is 25.9 Å². The van der Waals surface area contributed by atoms with E-state index in [1.807, 2.05) is 30.3 Å². The largest absolute Gasteiger partial charge is 0.361 e. The van der Waals surface area contributed by atoms with E-state index in [1.54, 1.807) is 30.6 Å². The first-order valence-electron chi connectivity index (χ1n) is 7.61. The van der Waals surface area contributed by atoms with Crippen molar-refractivity contribution >= 4 is 16.9 Å². The summed E-state index contributed by atoms with van der Waals surface area (Å²) in [6, 6.07) is 16.9. The van der Waals surface area contributed by atoms with Gasteiger partial charge in [-0.3, -0.25) is 4.98 Å². The maximum atomic E-state index is 9.02. The number of nitrogens with one attached hydrogen (secondary N) is 1. The van der Waals surface area contributed by atoms with Gasteiger partial charge < -0.3 is 9.83 Å². The van der Waals surface area contributed by atoms with Gasteiger partial charge in [0.1, 0.15) is 0 Å². The quantitative estimate of drug-likeness (QED) is 0.543. The lowest BCUT2D eigenvalue weighted by atomic mass is 10.00. The van der Waals surface area contributed by atoms with Gasteiger partial charge in [0.05, 0.1) is 28.4 Å². The molecular formula is C20H11N5. The molecule has 0 saturated carbocycles. The maximum absolute atomic E-state index is 9.02. The number of hydrogen-bond donors (Lipinski definition) is 1. The summed E-state index contributed by atoms with van der Waals surface area (Å²) in [5.74, 6) is 0.350. The fourth-order valence-corrected chi connectivity index (χ4v) is 2.85. The van der Waals surface area contributed by atoms with Gasteiger partial charge in [-0.15, -0.1) is 4.98 Å². The molecule has 25 heavy (non-hydrogen) atoms. The van der Waals surface area contributed by atoms with Gasteiger partial charge in [0, 0.05) is 18.0 Å². The van der Waals surface area contributed by atoms with Crippen LogP contribution in [0, 0.1) is 17.9 Å². The van der Waals surface area contributed by atoms with Crippen LogP contribution in [0.5, 0.6) is 0 Å². The van der Waals surface area contributed by atoms with Crippen LogP contribution in [-0.4, -0.2) is 15.0 Å². The Morgan fingerprint density at radius 2 is 1.72 bits per heavy atom. The van der Waals surface area contributed by atoms with Crippen LogP contribution in [0.25, 0.3) is 38.3 Å². The second-order valence-electron chi connectivity index (χ2n) is 5.48. The van der Waals surface area contributed by atoms with Gasteiger partial charge in [-0.2, -0.15) is 5.26 Å². The second-order valence-corrected chi connectivity index (χ2v) is 5.48. The molecule has 0 atom stereocenters. The molecule has 0 aliphatic heterocycles. The van der Waals surface area contributed by atoms with Crippen LogP contribution in [0.2, 0.25) is 0 Å². The minimum atomic E-state index is 0.350. The molecule has 1 aromatic carbocycles. The highest BCUT2D eigenvalue weighted by Gasteiger charge is 2.19. The molecule has 1 N–H and O–H groups in total. The van der Waals surface area contributed by atoms with Gasteiger partial charge in [0.15, 0.2) is 5.52 Å². The molecule has 0 aliphatic carbocycles. The van der Waals surface area contributed by atoms with Crippen molar-refractivity contribution in [2.24, 2.45) is 0 Å². The summed E-state index contributed by atoms with van der Waals surface area (Å²) in [7, 11) is 0. The van der Waals surface area contributed by atoms with Crippen molar-refractivity contribution in [2.45, 2.75) is 0 Å². The number of pyridine rings is 2. The van der Waals surface area contributed by atoms with Gasteiger partial charge in [-0.1, -0.05) is 18.7 Å². The van der Waals surface area contributed by atoms with E-state index in [4.69, 9.17) is 11.8 Å². The van der Waals surface area contributed by atoms with Gasteiger partial charge in [-0.25, -0.2) is 0 Å². The first kappa shape index (κ1) is 14.6. The number of hydrogen-bond acceptors (Lipinski definition) is 3. The predicted molar refractivity (Wildman–Crippen MR) is 95.7 cm³/mol. The molecule has 0 fully saturated rings. The molecular weight excluding hydrogens is 310 g/mol. The van der Waals surface area contributed by atoms with E-state index < -0.39 is 0 Å². The maximum Gasteiger partial charge on any atom is 0.270 e. The molecule has 4 rings (SSSR count). The fourth-order valence-electron chi connectivity index (χ4n) is 2.85. The highest BCUT2D eigenvalue weighted by atomic mass is 14.9. The summed E-state index contributed by atoms with van der Waals surface area (Å²) in [4.78, 5) is 15.4. The number of benzene rings is 1. The van der Waals surface area contributed by atoms with E-state index in [0.717, 1.165) is 33.4 Å². The highest BCUT2D eigenvalue weighted by molar-refractivity contribution is 6.02. The van der Waals surface area contributed by atoms with Crippen LogP contribution in [0.15, 0.2) is 60.9 Å². The Balaban J connectivity index is 2.04. The van der Waals surface area contributed by atoms with Crippen molar-refractivity contribution in [3.8, 4) is 28.5 Å². The molecule has 0 amide bonds. The number of aromatic nitrogens is 3. The lowest BCUT2D eigenvalue weighted by Gasteiger charge is -2.04. The molecule has 3 heterocycles. The summed E-state index contributed by atoms with van der Waals surface area (Å²) >= 11 is 0. The topological polar surface area (TPSA) is 69.7 Å². The molecule has 0 unspecified atom stereocenters. The third-order valence-corrected chi connectivity index (χ3v) is 4.01. The van der Waals surface area contributed by atoms with E-state index in [9.17, 15) is 0 Å². The molecule has 0 radical (unpaired) electrons. The smallest absolute Gasteiger partial charge is 0.270 e. The average molecular weight is 321 g/mol. The number of nitriles is 1. The fraction of sp³-hybridized carbons (Fsp3) is 0. The Bertz CT molecular complexity index is 1140. The number of nitrogens with zero attached hydrogens (tertiary/aromatic N) is 4. The van der Waals surface area contributed by atoms with Crippen molar-refractivity contribution in [3.63, 3.8) is 0 Å². The molecule has 0 saturated heterocycles. The molecule has 3 aromatic heterocycles. The average Bonchev–Trinajstić information content (AvgIpc) is 3.07. The summed E-state index contributed by atoms with van der Waals surface area (Å²) in [5, 5.41) is 9.02. The van der Waals surface area contributed by atoms with Gasteiger partial charge in [0.25, 0.3) is 5.82 Å². The van der Waals surface area contributed by atoms with Crippen molar-refractivity contribution < 1.29 is 0 Å². The summed E-state index contributed by atoms with van der Waals surface area (Å²) in [5.41, 5.74) is 5.95. The first-order chi connectivity index (χ1) is 12.3. The van der Waals surface area contributed by atoms with Crippen molar-refractivity contribution in [1.82, 2.24) is 15.0 Å². The third-order valence-electron chi connectivity index (χ3n) is 4.01. The first-order valence-corrected chi connectivity index (χ1v) is 7.61. The number of H-pyrrole nitrogens is 1. The standard InChI is InChI=1S/C20H11N5/c1-22-17-7-6-16-20(25-17)18(14-4-2-13(12-21)3-5-14)19(24-16)15-8-10-23-11-9-15/h2-11,24H.